The monoisotopic (exact) mass is 424 g/mol. The van der Waals surface area contributed by atoms with Crippen LogP contribution in [0.3, 0.4) is 0 Å². The molecule has 0 aliphatic heterocycles. The molecule has 0 radical (unpaired) electrons. The highest BCUT2D eigenvalue weighted by molar-refractivity contribution is 5.95. The minimum Gasteiger partial charge on any atom is -0.459 e. The van der Waals surface area contributed by atoms with Crippen LogP contribution in [0, 0.1) is 0 Å². The van der Waals surface area contributed by atoms with Gasteiger partial charge >= 0.3 is 11.9 Å². The molecule has 0 unspecified atom stereocenters. The number of para-hydroxylation sites is 1. The number of alkyl halides is 3. The molecular weight excluding hydrogens is 409 g/mol. The second-order valence-corrected chi connectivity index (χ2v) is 6.15. The van der Waals surface area contributed by atoms with Crippen molar-refractivity contribution in [3.63, 3.8) is 0 Å². The van der Waals surface area contributed by atoms with Gasteiger partial charge in [0.2, 0.25) is 11.8 Å². The Bertz CT molecular complexity index is 1100. The lowest BCUT2D eigenvalue weighted by Gasteiger charge is -2.18. The third-order valence-electron chi connectivity index (χ3n) is 3.94. The Balaban J connectivity index is 1.63. The summed E-state index contributed by atoms with van der Waals surface area (Å²) in [4.78, 5) is 37.1. The third-order valence-corrected chi connectivity index (χ3v) is 3.94. The fourth-order valence-electron chi connectivity index (χ4n) is 2.49. The normalized spacial score (nSPS) is 11.3. The number of nitrogens with zero attached hydrogens (tertiary/aromatic N) is 3. The molecule has 2 heterocycles. The van der Waals surface area contributed by atoms with Crippen LogP contribution in [0.2, 0.25) is 0 Å². The number of anilines is 1. The molecule has 12 heteroatoms. The molecule has 3 rings (SSSR count). The number of amides is 2. The maximum atomic E-state index is 13.0. The summed E-state index contributed by atoms with van der Waals surface area (Å²) < 4.78 is 49.7. The van der Waals surface area contributed by atoms with Crippen LogP contribution in [0.4, 0.5) is 18.9 Å². The molecular formula is C18H15F3N4O5. The van der Waals surface area contributed by atoms with Crippen molar-refractivity contribution in [1.82, 2.24) is 14.7 Å². The number of furan rings is 1. The fourth-order valence-corrected chi connectivity index (χ4v) is 2.49. The Morgan fingerprint density at radius 3 is 2.60 bits per heavy atom. The van der Waals surface area contributed by atoms with E-state index in [9.17, 15) is 27.6 Å². The van der Waals surface area contributed by atoms with E-state index in [0.29, 0.717) is 0 Å². The first-order valence-electron chi connectivity index (χ1n) is 8.47. The van der Waals surface area contributed by atoms with Crippen molar-refractivity contribution in [1.29, 1.82) is 0 Å². The van der Waals surface area contributed by atoms with E-state index in [4.69, 9.17) is 8.83 Å². The second kappa shape index (κ2) is 8.27. The fraction of sp³-hybridized carbons (Fsp3) is 0.222. The second-order valence-electron chi connectivity index (χ2n) is 6.15. The van der Waals surface area contributed by atoms with E-state index in [-0.39, 0.29) is 11.7 Å². The van der Waals surface area contributed by atoms with E-state index in [1.54, 1.807) is 6.07 Å². The molecule has 3 aromatic rings. The number of rotatable bonds is 6. The van der Waals surface area contributed by atoms with Gasteiger partial charge in [0.15, 0.2) is 5.76 Å². The van der Waals surface area contributed by atoms with E-state index >= 15 is 0 Å². The molecule has 0 saturated heterocycles. The Morgan fingerprint density at radius 1 is 1.20 bits per heavy atom. The quantitative estimate of drug-likeness (QED) is 0.650. The van der Waals surface area contributed by atoms with Gasteiger partial charge in [-0.2, -0.15) is 17.9 Å². The number of hydrogen-bond acceptors (Lipinski definition) is 6. The molecule has 0 atom stereocenters. The highest BCUT2D eigenvalue weighted by Crippen LogP contribution is 2.34. The van der Waals surface area contributed by atoms with E-state index in [1.165, 1.54) is 31.5 Å². The van der Waals surface area contributed by atoms with Crippen LogP contribution in [0.1, 0.15) is 5.56 Å². The highest BCUT2D eigenvalue weighted by Gasteiger charge is 2.33. The molecule has 0 saturated carbocycles. The molecule has 2 aromatic heterocycles. The Morgan fingerprint density at radius 2 is 1.93 bits per heavy atom. The molecule has 158 valence electrons. The van der Waals surface area contributed by atoms with Crippen LogP contribution in [0.5, 0.6) is 0 Å². The third kappa shape index (κ3) is 4.77. The van der Waals surface area contributed by atoms with Crippen molar-refractivity contribution < 1.29 is 31.6 Å². The summed E-state index contributed by atoms with van der Waals surface area (Å²) >= 11 is 0. The van der Waals surface area contributed by atoms with Crippen molar-refractivity contribution >= 4 is 17.5 Å². The molecule has 2 amide bonds. The van der Waals surface area contributed by atoms with Crippen molar-refractivity contribution in [2.45, 2.75) is 12.7 Å². The summed E-state index contributed by atoms with van der Waals surface area (Å²) in [5.74, 6) is -2.37. The number of likely N-dealkylation sites (N-methyl/N-ethyl adjacent to an activating group) is 1. The number of carbonyl (C=O) groups excluding carboxylic acids is 2. The van der Waals surface area contributed by atoms with Gasteiger partial charge in [0, 0.05) is 7.05 Å². The number of hydrogen-bond donors (Lipinski definition) is 1. The van der Waals surface area contributed by atoms with Gasteiger partial charge in [0.25, 0.3) is 5.89 Å². The summed E-state index contributed by atoms with van der Waals surface area (Å²) in [5.41, 5.74) is -1.43. The zero-order chi connectivity index (χ0) is 21.9. The average molecular weight is 424 g/mol. The number of nitrogens with one attached hydrogen (secondary N) is 1. The maximum Gasteiger partial charge on any atom is 0.437 e. The van der Waals surface area contributed by atoms with Crippen molar-refractivity contribution in [2.24, 2.45) is 0 Å². The zero-order valence-corrected chi connectivity index (χ0v) is 15.5. The molecule has 30 heavy (non-hydrogen) atoms. The van der Waals surface area contributed by atoms with Gasteiger partial charge in [0.1, 0.15) is 6.54 Å². The molecule has 0 aliphatic rings. The first-order valence-corrected chi connectivity index (χ1v) is 8.47. The summed E-state index contributed by atoms with van der Waals surface area (Å²) in [6, 6.07) is 7.54. The Kier molecular flexibility index (Phi) is 5.76. The Labute approximate surface area is 166 Å². The molecule has 9 nitrogen and oxygen atoms in total. The van der Waals surface area contributed by atoms with Crippen molar-refractivity contribution in [3.05, 3.63) is 58.8 Å². The van der Waals surface area contributed by atoms with Gasteiger partial charge in [0.05, 0.1) is 24.1 Å². The van der Waals surface area contributed by atoms with Crippen LogP contribution < -0.4 is 11.1 Å². The zero-order valence-electron chi connectivity index (χ0n) is 15.5. The van der Waals surface area contributed by atoms with Gasteiger partial charge in [-0.25, -0.2) is 4.79 Å². The van der Waals surface area contributed by atoms with E-state index in [0.717, 1.165) is 21.7 Å². The highest BCUT2D eigenvalue weighted by atomic mass is 19.4. The molecule has 0 bridgehead atoms. The lowest BCUT2D eigenvalue weighted by Crippen LogP contribution is -2.38. The van der Waals surface area contributed by atoms with E-state index < -0.39 is 48.1 Å². The van der Waals surface area contributed by atoms with Crippen LogP contribution in [-0.2, 0) is 22.3 Å². The van der Waals surface area contributed by atoms with E-state index in [2.05, 4.69) is 10.4 Å². The molecule has 1 aromatic carbocycles. The number of benzene rings is 1. The molecule has 0 fully saturated rings. The number of carbonyl (C=O) groups is 2. The standard InChI is InChI=1S/C18H15F3N4O5/c1-24(9-14(26)22-12-6-3-2-5-11(12)18(19,20)21)15(27)10-25-17(28)30-16(23-25)13-7-4-8-29-13/h2-8H,9-10H2,1H3,(H,22,26). The van der Waals surface area contributed by atoms with Gasteiger partial charge in [-0.15, -0.1) is 5.10 Å². The first-order chi connectivity index (χ1) is 14.1. The van der Waals surface area contributed by atoms with Gasteiger partial charge in [-0.05, 0) is 24.3 Å². The molecule has 0 spiro atoms. The van der Waals surface area contributed by atoms with Crippen LogP contribution in [0.15, 0.2) is 56.3 Å². The maximum absolute atomic E-state index is 13.0. The van der Waals surface area contributed by atoms with Crippen LogP contribution >= 0.6 is 0 Å². The minimum absolute atomic E-state index is 0.123. The van der Waals surface area contributed by atoms with Crippen molar-refractivity contribution in [2.75, 3.05) is 18.9 Å². The summed E-state index contributed by atoms with van der Waals surface area (Å²) in [7, 11) is 1.26. The average Bonchev–Trinajstić information content (AvgIpc) is 3.31. The lowest BCUT2D eigenvalue weighted by atomic mass is 10.1. The topological polar surface area (TPSA) is 111 Å². The van der Waals surface area contributed by atoms with Gasteiger partial charge in [-0.1, -0.05) is 12.1 Å². The van der Waals surface area contributed by atoms with Gasteiger partial charge < -0.3 is 19.1 Å². The SMILES string of the molecule is CN(CC(=O)Nc1ccccc1C(F)(F)F)C(=O)Cn1nc(-c2ccco2)oc1=O. The van der Waals surface area contributed by atoms with Crippen LogP contribution in [-0.4, -0.2) is 40.1 Å². The Hall–Kier alpha value is -3.83. The van der Waals surface area contributed by atoms with Crippen molar-refractivity contribution in [3.8, 4) is 11.7 Å². The summed E-state index contributed by atoms with van der Waals surface area (Å²) in [6.45, 7) is -1.07. The number of halogens is 3. The predicted octanol–water partition coefficient (Wildman–Crippen LogP) is 2.21. The molecule has 0 aliphatic carbocycles. The predicted molar refractivity (Wildman–Crippen MR) is 96.2 cm³/mol. The molecule has 1 N–H and O–H groups in total. The minimum atomic E-state index is -4.65. The lowest BCUT2D eigenvalue weighted by molar-refractivity contribution is -0.137. The van der Waals surface area contributed by atoms with Crippen LogP contribution in [0.25, 0.3) is 11.7 Å². The summed E-state index contributed by atoms with van der Waals surface area (Å²) in [5, 5.41) is 5.96. The smallest absolute Gasteiger partial charge is 0.437 e. The largest absolute Gasteiger partial charge is 0.459 e. The van der Waals surface area contributed by atoms with E-state index in [1.807, 2.05) is 0 Å². The first kappa shape index (κ1) is 20.9. The van der Waals surface area contributed by atoms with Gasteiger partial charge in [-0.3, -0.25) is 9.59 Å². The number of aromatic nitrogens is 2. The summed E-state index contributed by atoms with van der Waals surface area (Å²) in [6.07, 6.45) is -3.30.